The first-order valence-electron chi connectivity index (χ1n) is 6.70. The Labute approximate surface area is 145 Å². The quantitative estimate of drug-likeness (QED) is 0.526. The third kappa shape index (κ3) is 2.80. The highest BCUT2D eigenvalue weighted by molar-refractivity contribution is 8.23. The second-order valence-corrected chi connectivity index (χ2v) is 7.33. The minimum Gasteiger partial charge on any atom is -0.453 e. The molecule has 1 aliphatic heterocycles. The van der Waals surface area contributed by atoms with E-state index in [1.54, 1.807) is 17.4 Å². The van der Waals surface area contributed by atoms with Gasteiger partial charge in [0.05, 0.1) is 22.2 Å². The highest BCUT2D eigenvalue weighted by atomic mass is 32.2. The van der Waals surface area contributed by atoms with Crippen LogP contribution in [-0.4, -0.2) is 32.2 Å². The number of thiazole rings is 1. The molecule has 0 bridgehead atoms. The third-order valence-electron chi connectivity index (χ3n) is 3.16. The van der Waals surface area contributed by atoms with E-state index in [4.69, 9.17) is 16.6 Å². The molecule has 1 saturated heterocycles. The highest BCUT2D eigenvalue weighted by Gasteiger charge is 2.26. The van der Waals surface area contributed by atoms with Crippen LogP contribution in [0.25, 0.3) is 21.0 Å². The number of carbonyl (C=O) groups excluding carboxylic acids is 1. The van der Waals surface area contributed by atoms with Crippen molar-refractivity contribution in [3.8, 4) is 10.8 Å². The second kappa shape index (κ2) is 5.88. The van der Waals surface area contributed by atoms with E-state index in [0.29, 0.717) is 21.6 Å². The van der Waals surface area contributed by atoms with E-state index in [0.717, 1.165) is 15.2 Å². The van der Waals surface area contributed by atoms with Gasteiger partial charge < -0.3 is 4.42 Å². The van der Waals surface area contributed by atoms with Gasteiger partial charge in [-0.2, -0.15) is 10.1 Å². The smallest absolute Gasteiger partial charge is 0.259 e. The van der Waals surface area contributed by atoms with E-state index in [-0.39, 0.29) is 5.91 Å². The maximum absolute atomic E-state index is 11.6. The number of nitrogens with zero attached hydrogens (tertiary/aromatic N) is 3. The zero-order valence-corrected chi connectivity index (χ0v) is 14.1. The van der Waals surface area contributed by atoms with Crippen molar-refractivity contribution < 1.29 is 9.21 Å². The van der Waals surface area contributed by atoms with Crippen LogP contribution in [-0.2, 0) is 4.79 Å². The van der Waals surface area contributed by atoms with Crippen molar-refractivity contribution in [1.29, 1.82) is 0 Å². The molecule has 114 valence electrons. The van der Waals surface area contributed by atoms with Crippen molar-refractivity contribution in [3.05, 3.63) is 42.2 Å². The summed E-state index contributed by atoms with van der Waals surface area (Å²) in [5.41, 5.74) is 0.948. The molecule has 2 aromatic heterocycles. The van der Waals surface area contributed by atoms with E-state index in [1.165, 1.54) is 23.0 Å². The number of thiocarbonyl (C=S) groups is 1. The summed E-state index contributed by atoms with van der Waals surface area (Å²) in [6.45, 7) is 0. The molecule has 0 spiro atoms. The Bertz CT molecular complexity index is 895. The van der Waals surface area contributed by atoms with Crippen LogP contribution in [0, 0.1) is 0 Å². The van der Waals surface area contributed by atoms with Gasteiger partial charge in [-0.05, 0) is 24.3 Å². The first-order valence-corrected chi connectivity index (χ1v) is 8.91. The van der Waals surface area contributed by atoms with Crippen molar-refractivity contribution in [3.63, 3.8) is 0 Å². The van der Waals surface area contributed by atoms with Crippen LogP contribution in [0.4, 0.5) is 0 Å². The molecule has 5 nitrogen and oxygen atoms in total. The lowest BCUT2D eigenvalue weighted by Gasteiger charge is -2.05. The molecular weight excluding hydrogens is 350 g/mol. The van der Waals surface area contributed by atoms with Crippen molar-refractivity contribution >= 4 is 62.0 Å². The summed E-state index contributed by atoms with van der Waals surface area (Å²) in [4.78, 5) is 16.1. The maximum Gasteiger partial charge on any atom is 0.259 e. The molecule has 0 unspecified atom stereocenters. The summed E-state index contributed by atoms with van der Waals surface area (Å²) < 4.78 is 7.31. The number of hydrogen-bond donors (Lipinski definition) is 0. The van der Waals surface area contributed by atoms with Gasteiger partial charge in [-0.15, -0.1) is 11.3 Å². The number of carbonyl (C=O) groups is 1. The van der Waals surface area contributed by atoms with Crippen LogP contribution in [0.3, 0.4) is 0 Å². The topological polar surface area (TPSA) is 58.7 Å². The van der Waals surface area contributed by atoms with Gasteiger partial charge >= 0.3 is 0 Å². The lowest BCUT2D eigenvalue weighted by molar-refractivity contribution is -0.123. The Morgan fingerprint density at radius 3 is 2.96 bits per heavy atom. The fraction of sp³-hybridized carbons (Fsp3) is 0.0667. The standard InChI is InChI=1S/C15H9N3O2S3/c19-13-8-22-15(21)18(13)16-7-9-5-6-11(20-9)14-17-10-3-1-2-4-12(10)23-14/h1-7H,8H2/b16-7+. The number of fused-ring (bicyclic) bond motifs is 1. The molecule has 0 radical (unpaired) electrons. The summed E-state index contributed by atoms with van der Waals surface area (Å²) in [7, 11) is 0. The minimum absolute atomic E-state index is 0.116. The summed E-state index contributed by atoms with van der Waals surface area (Å²) in [5.74, 6) is 1.45. The SMILES string of the molecule is O=C1CSC(=S)N1/N=C/c1ccc(-c2nc3ccccc3s2)o1. The lowest BCUT2D eigenvalue weighted by atomic mass is 10.3. The Morgan fingerprint density at radius 1 is 1.30 bits per heavy atom. The molecule has 23 heavy (non-hydrogen) atoms. The molecule has 1 aliphatic rings. The van der Waals surface area contributed by atoms with Gasteiger partial charge in [0.25, 0.3) is 5.91 Å². The average Bonchev–Trinajstić information content (AvgIpc) is 3.25. The molecule has 0 atom stereocenters. The van der Waals surface area contributed by atoms with Gasteiger partial charge in [-0.1, -0.05) is 36.1 Å². The monoisotopic (exact) mass is 359 g/mol. The minimum atomic E-state index is -0.116. The van der Waals surface area contributed by atoms with E-state index in [2.05, 4.69) is 10.1 Å². The molecule has 1 fully saturated rings. The van der Waals surface area contributed by atoms with Gasteiger partial charge in [0, 0.05) is 0 Å². The average molecular weight is 359 g/mol. The summed E-state index contributed by atoms with van der Waals surface area (Å²) in [5, 5.41) is 6.13. The maximum atomic E-state index is 11.6. The molecule has 0 aliphatic carbocycles. The van der Waals surface area contributed by atoms with Gasteiger partial charge in [-0.3, -0.25) is 4.79 Å². The molecule has 0 saturated carbocycles. The number of hydrazone groups is 1. The first-order chi connectivity index (χ1) is 11.2. The molecule has 3 aromatic rings. The Hall–Kier alpha value is -2.03. The van der Waals surface area contributed by atoms with Crippen LogP contribution in [0.2, 0.25) is 0 Å². The van der Waals surface area contributed by atoms with Crippen molar-refractivity contribution in [2.24, 2.45) is 5.10 Å². The van der Waals surface area contributed by atoms with Crippen molar-refractivity contribution in [2.75, 3.05) is 5.75 Å². The molecule has 8 heteroatoms. The first kappa shape index (κ1) is 14.6. The summed E-state index contributed by atoms with van der Waals surface area (Å²) in [6, 6.07) is 11.6. The van der Waals surface area contributed by atoms with Gasteiger partial charge in [0.2, 0.25) is 0 Å². The molecule has 3 heterocycles. The lowest BCUT2D eigenvalue weighted by Crippen LogP contribution is -2.22. The number of para-hydroxylation sites is 1. The summed E-state index contributed by atoms with van der Waals surface area (Å²) in [6.07, 6.45) is 1.49. The van der Waals surface area contributed by atoms with Crippen LogP contribution in [0.1, 0.15) is 5.76 Å². The largest absolute Gasteiger partial charge is 0.453 e. The number of benzene rings is 1. The number of rotatable bonds is 3. The molecule has 0 N–H and O–H groups in total. The number of aromatic nitrogens is 1. The third-order valence-corrected chi connectivity index (χ3v) is 5.55. The fourth-order valence-corrected chi connectivity index (χ4v) is 3.98. The Kier molecular flexibility index (Phi) is 3.72. The zero-order chi connectivity index (χ0) is 15.8. The van der Waals surface area contributed by atoms with Crippen LogP contribution in [0.15, 0.2) is 45.9 Å². The predicted octanol–water partition coefficient (Wildman–Crippen LogP) is 3.75. The van der Waals surface area contributed by atoms with E-state index in [9.17, 15) is 4.79 Å². The highest BCUT2D eigenvalue weighted by Crippen LogP contribution is 2.30. The van der Waals surface area contributed by atoms with E-state index >= 15 is 0 Å². The number of thioether (sulfide) groups is 1. The molecular formula is C15H9N3O2S3. The predicted molar refractivity (Wildman–Crippen MR) is 96.8 cm³/mol. The van der Waals surface area contributed by atoms with Gasteiger partial charge in [0.15, 0.2) is 15.1 Å². The van der Waals surface area contributed by atoms with Crippen molar-refractivity contribution in [2.45, 2.75) is 0 Å². The number of amides is 1. The molecule has 1 amide bonds. The van der Waals surface area contributed by atoms with Gasteiger partial charge in [0.1, 0.15) is 5.76 Å². The van der Waals surface area contributed by atoms with Crippen LogP contribution >= 0.6 is 35.3 Å². The second-order valence-electron chi connectivity index (χ2n) is 4.69. The Morgan fingerprint density at radius 2 is 2.17 bits per heavy atom. The van der Waals surface area contributed by atoms with E-state index < -0.39 is 0 Å². The molecule has 1 aromatic carbocycles. The van der Waals surface area contributed by atoms with E-state index in [1.807, 2.05) is 30.3 Å². The summed E-state index contributed by atoms with van der Waals surface area (Å²) >= 11 is 7.94. The fourth-order valence-electron chi connectivity index (χ4n) is 2.09. The molecule has 4 rings (SSSR count). The van der Waals surface area contributed by atoms with Crippen LogP contribution < -0.4 is 0 Å². The number of furan rings is 1. The van der Waals surface area contributed by atoms with Gasteiger partial charge in [-0.25, -0.2) is 4.98 Å². The number of hydrogen-bond acceptors (Lipinski definition) is 7. The normalized spacial score (nSPS) is 15.4. The van der Waals surface area contributed by atoms with Crippen molar-refractivity contribution in [1.82, 2.24) is 9.99 Å². The van der Waals surface area contributed by atoms with Crippen LogP contribution in [0.5, 0.6) is 0 Å². The zero-order valence-electron chi connectivity index (χ0n) is 11.6. The Balaban J connectivity index is 1.59.